The zero-order valence-electron chi connectivity index (χ0n) is 14.8. The molecule has 0 aliphatic carbocycles. The van der Waals surface area contributed by atoms with Crippen LogP contribution in [-0.2, 0) is 19.6 Å². The van der Waals surface area contributed by atoms with Crippen LogP contribution >= 0.6 is 0 Å². The van der Waals surface area contributed by atoms with Crippen LogP contribution in [-0.4, -0.2) is 69.3 Å². The number of rotatable bonds is 6. The second kappa shape index (κ2) is 8.02. The Morgan fingerprint density at radius 1 is 1.38 bits per heavy atom. The van der Waals surface area contributed by atoms with Gasteiger partial charge in [0.2, 0.25) is 10.0 Å². The van der Waals surface area contributed by atoms with E-state index in [2.05, 4.69) is 4.72 Å². The van der Waals surface area contributed by atoms with Gasteiger partial charge in [0, 0.05) is 18.2 Å². The van der Waals surface area contributed by atoms with Gasteiger partial charge in [0.15, 0.2) is 6.10 Å². The van der Waals surface area contributed by atoms with Gasteiger partial charge in [-0.3, -0.25) is 4.79 Å². The highest BCUT2D eigenvalue weighted by Crippen LogP contribution is 2.26. The minimum absolute atomic E-state index is 0.0962. The number of aliphatic carboxylic acids is 1. The van der Waals surface area contributed by atoms with Crippen LogP contribution in [0.15, 0.2) is 23.1 Å². The normalized spacial score (nSPS) is 18.0. The number of carboxylic acids is 1. The van der Waals surface area contributed by atoms with Crippen molar-refractivity contribution in [1.29, 1.82) is 0 Å². The average molecular weight is 386 g/mol. The molecular weight excluding hydrogens is 364 g/mol. The molecule has 0 aromatic heterocycles. The number of carboxylic acid groups (broad SMARTS) is 1. The van der Waals surface area contributed by atoms with Crippen molar-refractivity contribution in [3.8, 4) is 5.75 Å². The number of hydrogen-bond acceptors (Lipinski definition) is 6. The fourth-order valence-electron chi connectivity index (χ4n) is 2.56. The number of carbonyl (C=O) groups is 2. The van der Waals surface area contributed by atoms with E-state index in [9.17, 15) is 18.0 Å². The first-order chi connectivity index (χ1) is 12.2. The van der Waals surface area contributed by atoms with Crippen LogP contribution in [0.25, 0.3) is 0 Å². The third kappa shape index (κ3) is 4.51. The maximum atomic E-state index is 12.7. The lowest BCUT2D eigenvalue weighted by molar-refractivity contribution is -0.154. The Morgan fingerprint density at radius 2 is 2.08 bits per heavy atom. The highest BCUT2D eigenvalue weighted by Gasteiger charge is 2.30. The van der Waals surface area contributed by atoms with Gasteiger partial charge in [0.25, 0.3) is 5.91 Å². The number of morpholine rings is 1. The van der Waals surface area contributed by atoms with E-state index in [0.717, 1.165) is 0 Å². The van der Waals surface area contributed by atoms with Gasteiger partial charge in [0.05, 0.1) is 20.3 Å². The first-order valence-corrected chi connectivity index (χ1v) is 9.48. The van der Waals surface area contributed by atoms with Gasteiger partial charge in [-0.1, -0.05) is 0 Å². The number of sulfonamides is 1. The fourth-order valence-corrected chi connectivity index (χ4v) is 4.01. The molecule has 1 aliphatic heterocycles. The molecule has 1 aliphatic rings. The Labute approximate surface area is 151 Å². The van der Waals surface area contributed by atoms with Crippen molar-refractivity contribution in [2.75, 3.05) is 26.8 Å². The number of hydrogen-bond donors (Lipinski definition) is 2. The number of nitrogens with one attached hydrogen (secondary N) is 1. The number of nitrogens with zero attached hydrogens (tertiary/aromatic N) is 1. The molecule has 26 heavy (non-hydrogen) atoms. The van der Waals surface area contributed by atoms with Crippen LogP contribution in [0.2, 0.25) is 0 Å². The van der Waals surface area contributed by atoms with E-state index < -0.39 is 28.0 Å². The minimum atomic E-state index is -3.88. The van der Waals surface area contributed by atoms with Gasteiger partial charge in [-0.2, -0.15) is 0 Å². The molecule has 1 aromatic carbocycles. The predicted molar refractivity (Wildman–Crippen MR) is 91.7 cm³/mol. The van der Waals surface area contributed by atoms with Crippen LogP contribution in [0, 0.1) is 0 Å². The summed E-state index contributed by atoms with van der Waals surface area (Å²) in [6.07, 6.45) is -1.10. The zero-order valence-corrected chi connectivity index (χ0v) is 15.6. The highest BCUT2D eigenvalue weighted by atomic mass is 32.2. The van der Waals surface area contributed by atoms with Crippen molar-refractivity contribution in [3.05, 3.63) is 23.8 Å². The number of ether oxygens (including phenoxy) is 2. The summed E-state index contributed by atoms with van der Waals surface area (Å²) in [4.78, 5) is 24.9. The average Bonchev–Trinajstić information content (AvgIpc) is 2.59. The molecule has 1 amide bonds. The number of methoxy groups -OCH3 is 1. The van der Waals surface area contributed by atoms with Crippen molar-refractivity contribution in [3.63, 3.8) is 0 Å². The Hall–Kier alpha value is -2.17. The number of benzene rings is 1. The van der Waals surface area contributed by atoms with Gasteiger partial charge < -0.3 is 19.5 Å². The summed E-state index contributed by atoms with van der Waals surface area (Å²) in [5.41, 5.74) is 0.126. The summed E-state index contributed by atoms with van der Waals surface area (Å²) in [7, 11) is -2.54. The van der Waals surface area contributed by atoms with E-state index in [4.69, 9.17) is 14.6 Å². The first-order valence-electron chi connectivity index (χ1n) is 7.99. The molecule has 0 saturated carbocycles. The van der Waals surface area contributed by atoms with E-state index in [1.54, 1.807) is 13.8 Å². The summed E-state index contributed by atoms with van der Waals surface area (Å²) in [5.74, 6) is -1.51. The van der Waals surface area contributed by atoms with E-state index in [-0.39, 0.29) is 41.9 Å². The Bertz CT molecular complexity index is 792. The van der Waals surface area contributed by atoms with Crippen LogP contribution in [0.3, 0.4) is 0 Å². The SMILES string of the molecule is COc1ccc(C(=O)N2CCOC(C(=O)O)C2)cc1S(=O)(=O)NC(C)C. The lowest BCUT2D eigenvalue weighted by Crippen LogP contribution is -2.48. The van der Waals surface area contributed by atoms with Gasteiger partial charge >= 0.3 is 5.97 Å². The Kier molecular flexibility index (Phi) is 6.21. The summed E-state index contributed by atoms with van der Waals surface area (Å²) in [6, 6.07) is 3.74. The molecule has 1 heterocycles. The molecular formula is C16H22N2O7S. The Balaban J connectivity index is 2.34. The summed E-state index contributed by atoms with van der Waals surface area (Å²) < 4.78 is 37.6. The van der Waals surface area contributed by atoms with E-state index >= 15 is 0 Å². The van der Waals surface area contributed by atoms with Crippen LogP contribution in [0.4, 0.5) is 0 Å². The van der Waals surface area contributed by atoms with Crippen molar-refractivity contribution < 1.29 is 32.6 Å². The number of amides is 1. The molecule has 2 rings (SSSR count). The van der Waals surface area contributed by atoms with E-state index in [1.807, 2.05) is 0 Å². The molecule has 2 N–H and O–H groups in total. The Morgan fingerprint density at radius 3 is 2.65 bits per heavy atom. The monoisotopic (exact) mass is 386 g/mol. The molecule has 0 radical (unpaired) electrons. The van der Waals surface area contributed by atoms with Gasteiger partial charge in [0.1, 0.15) is 10.6 Å². The van der Waals surface area contributed by atoms with Crippen molar-refractivity contribution in [1.82, 2.24) is 9.62 Å². The molecule has 9 nitrogen and oxygen atoms in total. The smallest absolute Gasteiger partial charge is 0.334 e. The van der Waals surface area contributed by atoms with Gasteiger partial charge in [-0.15, -0.1) is 0 Å². The maximum Gasteiger partial charge on any atom is 0.334 e. The van der Waals surface area contributed by atoms with E-state index in [1.165, 1.54) is 30.2 Å². The van der Waals surface area contributed by atoms with Crippen LogP contribution < -0.4 is 9.46 Å². The van der Waals surface area contributed by atoms with Crippen LogP contribution in [0.1, 0.15) is 24.2 Å². The molecule has 0 spiro atoms. The maximum absolute atomic E-state index is 12.7. The summed E-state index contributed by atoms with van der Waals surface area (Å²) in [6.45, 7) is 3.57. The second-order valence-corrected chi connectivity index (χ2v) is 7.77. The molecule has 1 saturated heterocycles. The van der Waals surface area contributed by atoms with Crippen LogP contribution in [0.5, 0.6) is 5.75 Å². The first kappa shape index (κ1) is 20.1. The van der Waals surface area contributed by atoms with Gasteiger partial charge in [-0.05, 0) is 32.0 Å². The summed E-state index contributed by atoms with van der Waals surface area (Å²) >= 11 is 0. The van der Waals surface area contributed by atoms with Crippen molar-refractivity contribution >= 4 is 21.9 Å². The molecule has 10 heteroatoms. The van der Waals surface area contributed by atoms with E-state index in [0.29, 0.717) is 0 Å². The lowest BCUT2D eigenvalue weighted by atomic mass is 10.1. The van der Waals surface area contributed by atoms with Crippen molar-refractivity contribution in [2.24, 2.45) is 0 Å². The standard InChI is InChI=1S/C16H22N2O7S/c1-10(2)17-26(22,23)14-8-11(4-5-12(14)24-3)15(19)18-6-7-25-13(9-18)16(20)21/h4-5,8,10,13,17H,6-7,9H2,1-3H3,(H,20,21). The third-order valence-electron chi connectivity index (χ3n) is 3.72. The number of carbonyl (C=O) groups excluding carboxylic acids is 1. The fraction of sp³-hybridized carbons (Fsp3) is 0.500. The second-order valence-electron chi connectivity index (χ2n) is 6.09. The zero-order chi connectivity index (χ0) is 19.5. The highest BCUT2D eigenvalue weighted by molar-refractivity contribution is 7.89. The molecule has 1 fully saturated rings. The lowest BCUT2D eigenvalue weighted by Gasteiger charge is -2.31. The molecule has 144 valence electrons. The minimum Gasteiger partial charge on any atom is -0.495 e. The summed E-state index contributed by atoms with van der Waals surface area (Å²) in [5, 5.41) is 9.04. The quantitative estimate of drug-likeness (QED) is 0.721. The largest absolute Gasteiger partial charge is 0.495 e. The molecule has 1 atom stereocenters. The molecule has 1 unspecified atom stereocenters. The topological polar surface area (TPSA) is 122 Å². The third-order valence-corrected chi connectivity index (χ3v) is 5.40. The van der Waals surface area contributed by atoms with Crippen molar-refractivity contribution in [2.45, 2.75) is 30.9 Å². The molecule has 0 bridgehead atoms. The van der Waals surface area contributed by atoms with Gasteiger partial charge in [-0.25, -0.2) is 17.9 Å². The predicted octanol–water partition coefficient (Wildman–Crippen LogP) is 0.308. The molecule has 1 aromatic rings.